The van der Waals surface area contributed by atoms with Gasteiger partial charge in [-0.15, -0.1) is 0 Å². The Morgan fingerprint density at radius 2 is 2.35 bits per heavy atom. The molecule has 1 fully saturated rings. The van der Waals surface area contributed by atoms with Crippen molar-refractivity contribution in [3.8, 4) is 0 Å². The van der Waals surface area contributed by atoms with Crippen molar-refractivity contribution in [2.75, 3.05) is 13.2 Å². The molecule has 0 bridgehead atoms. The molecule has 1 N–H and O–H groups in total. The molecule has 1 aliphatic rings. The molecular formula is C17H20N2O4. The maximum Gasteiger partial charge on any atom is 0.255 e. The summed E-state index contributed by atoms with van der Waals surface area (Å²) in [5.41, 5.74) is 1.41. The highest BCUT2D eigenvalue weighted by Gasteiger charge is 2.29. The van der Waals surface area contributed by atoms with Crippen LogP contribution >= 0.6 is 0 Å². The van der Waals surface area contributed by atoms with Gasteiger partial charge in [0, 0.05) is 12.8 Å². The zero-order valence-electron chi connectivity index (χ0n) is 13.0. The fraction of sp³-hybridized carbons (Fsp3) is 0.412. The molecule has 0 saturated carbocycles. The second-order valence-electron chi connectivity index (χ2n) is 5.50. The fourth-order valence-electron chi connectivity index (χ4n) is 2.59. The number of furan rings is 1. The Morgan fingerprint density at radius 3 is 3.09 bits per heavy atom. The van der Waals surface area contributed by atoms with Crippen molar-refractivity contribution in [1.29, 1.82) is 0 Å². The Morgan fingerprint density at radius 1 is 1.43 bits per heavy atom. The number of pyridine rings is 1. The van der Waals surface area contributed by atoms with Crippen LogP contribution < -0.4 is 5.32 Å². The molecule has 3 heterocycles. The van der Waals surface area contributed by atoms with Gasteiger partial charge in [0.1, 0.15) is 5.76 Å². The predicted octanol–water partition coefficient (Wildman–Crippen LogP) is 2.09. The van der Waals surface area contributed by atoms with Crippen LogP contribution in [0.2, 0.25) is 0 Å². The van der Waals surface area contributed by atoms with Crippen LogP contribution in [0, 0.1) is 6.92 Å². The van der Waals surface area contributed by atoms with Crippen LogP contribution in [-0.4, -0.2) is 36.3 Å². The van der Waals surface area contributed by atoms with E-state index < -0.39 is 0 Å². The van der Waals surface area contributed by atoms with Gasteiger partial charge < -0.3 is 19.2 Å². The number of amides is 1. The van der Waals surface area contributed by atoms with Crippen LogP contribution in [0.4, 0.5) is 0 Å². The van der Waals surface area contributed by atoms with Gasteiger partial charge in [0.15, 0.2) is 0 Å². The quantitative estimate of drug-likeness (QED) is 0.914. The molecule has 1 saturated heterocycles. The average molecular weight is 316 g/mol. The third kappa shape index (κ3) is 3.97. The first-order chi connectivity index (χ1) is 11.2. The molecule has 0 spiro atoms. The van der Waals surface area contributed by atoms with Gasteiger partial charge >= 0.3 is 0 Å². The summed E-state index contributed by atoms with van der Waals surface area (Å²) < 4.78 is 16.6. The van der Waals surface area contributed by atoms with E-state index in [0.717, 1.165) is 12.1 Å². The standard InChI is InChI=1S/C17H20N2O4/c1-12-14(5-9-22-12)17(20)19-15-11-21-8-6-16(15)23-10-13-4-2-3-7-18-13/h2-5,7,9,15-16H,6,8,10-11H2,1H3,(H,19,20)/t15-,16-/m1/s1. The minimum atomic E-state index is -0.186. The summed E-state index contributed by atoms with van der Waals surface area (Å²) in [6.45, 7) is 3.25. The number of carbonyl (C=O) groups excluding carboxylic acids is 1. The Balaban J connectivity index is 1.60. The van der Waals surface area contributed by atoms with E-state index in [2.05, 4.69) is 10.3 Å². The second-order valence-corrected chi connectivity index (χ2v) is 5.50. The zero-order valence-corrected chi connectivity index (χ0v) is 13.0. The minimum absolute atomic E-state index is 0.0955. The molecule has 0 unspecified atom stereocenters. The lowest BCUT2D eigenvalue weighted by atomic mass is 10.1. The maximum atomic E-state index is 12.3. The molecule has 1 amide bonds. The molecule has 2 aromatic rings. The Hall–Kier alpha value is -2.18. The zero-order chi connectivity index (χ0) is 16.1. The first kappa shape index (κ1) is 15.7. The van der Waals surface area contributed by atoms with Crippen LogP contribution in [-0.2, 0) is 16.1 Å². The number of hydrogen-bond donors (Lipinski definition) is 1. The van der Waals surface area contributed by atoms with E-state index in [-0.39, 0.29) is 18.1 Å². The number of aryl methyl sites for hydroxylation is 1. The van der Waals surface area contributed by atoms with Gasteiger partial charge in [-0.05, 0) is 31.5 Å². The molecule has 1 aliphatic heterocycles. The number of carbonyl (C=O) groups is 1. The lowest BCUT2D eigenvalue weighted by Gasteiger charge is -2.32. The van der Waals surface area contributed by atoms with Crippen molar-refractivity contribution in [2.24, 2.45) is 0 Å². The molecule has 3 rings (SSSR count). The topological polar surface area (TPSA) is 73.6 Å². The summed E-state index contributed by atoms with van der Waals surface area (Å²) in [6.07, 6.45) is 3.89. The van der Waals surface area contributed by atoms with E-state index in [0.29, 0.717) is 31.1 Å². The van der Waals surface area contributed by atoms with Crippen molar-refractivity contribution in [3.05, 3.63) is 53.7 Å². The van der Waals surface area contributed by atoms with E-state index in [1.54, 1.807) is 19.2 Å². The van der Waals surface area contributed by atoms with Gasteiger partial charge in [0.25, 0.3) is 5.91 Å². The Bertz CT molecular complexity index is 641. The van der Waals surface area contributed by atoms with Crippen molar-refractivity contribution >= 4 is 5.91 Å². The summed E-state index contributed by atoms with van der Waals surface area (Å²) in [5.74, 6) is 0.434. The van der Waals surface area contributed by atoms with Gasteiger partial charge in [-0.25, -0.2) is 0 Å². The van der Waals surface area contributed by atoms with E-state index in [9.17, 15) is 4.79 Å². The number of aromatic nitrogens is 1. The largest absolute Gasteiger partial charge is 0.469 e. The number of nitrogens with zero attached hydrogens (tertiary/aromatic N) is 1. The molecule has 23 heavy (non-hydrogen) atoms. The van der Waals surface area contributed by atoms with Crippen LogP contribution in [0.3, 0.4) is 0 Å². The molecule has 0 aliphatic carbocycles. The third-order valence-electron chi connectivity index (χ3n) is 3.88. The SMILES string of the molecule is Cc1occc1C(=O)N[C@@H]1COCC[C@H]1OCc1ccccn1. The molecule has 2 aromatic heterocycles. The third-order valence-corrected chi connectivity index (χ3v) is 3.88. The highest BCUT2D eigenvalue weighted by Crippen LogP contribution is 2.16. The van der Waals surface area contributed by atoms with Crippen molar-refractivity contribution in [2.45, 2.75) is 32.1 Å². The minimum Gasteiger partial charge on any atom is -0.469 e. The highest BCUT2D eigenvalue weighted by molar-refractivity contribution is 5.95. The first-order valence-electron chi connectivity index (χ1n) is 7.68. The van der Waals surface area contributed by atoms with Crippen LogP contribution in [0.25, 0.3) is 0 Å². The molecule has 6 nitrogen and oxygen atoms in total. The van der Waals surface area contributed by atoms with Crippen molar-refractivity contribution in [3.63, 3.8) is 0 Å². The molecule has 122 valence electrons. The van der Waals surface area contributed by atoms with E-state index >= 15 is 0 Å². The van der Waals surface area contributed by atoms with Gasteiger partial charge in [0.05, 0.1) is 42.9 Å². The van der Waals surface area contributed by atoms with E-state index in [1.165, 1.54) is 6.26 Å². The lowest BCUT2D eigenvalue weighted by molar-refractivity contribution is -0.0612. The lowest BCUT2D eigenvalue weighted by Crippen LogP contribution is -2.50. The predicted molar refractivity (Wildman–Crippen MR) is 82.9 cm³/mol. The van der Waals surface area contributed by atoms with Crippen LogP contribution in [0.1, 0.15) is 28.2 Å². The number of rotatable bonds is 5. The van der Waals surface area contributed by atoms with Crippen LogP contribution in [0.15, 0.2) is 41.1 Å². The number of ether oxygens (including phenoxy) is 2. The molecule has 0 radical (unpaired) electrons. The van der Waals surface area contributed by atoms with Gasteiger partial charge in [0.2, 0.25) is 0 Å². The number of nitrogens with one attached hydrogen (secondary N) is 1. The monoisotopic (exact) mass is 316 g/mol. The first-order valence-corrected chi connectivity index (χ1v) is 7.68. The summed E-state index contributed by atoms with van der Waals surface area (Å²) in [6, 6.07) is 7.19. The van der Waals surface area contributed by atoms with Gasteiger partial charge in [-0.3, -0.25) is 9.78 Å². The fourth-order valence-corrected chi connectivity index (χ4v) is 2.59. The summed E-state index contributed by atoms with van der Waals surface area (Å²) in [4.78, 5) is 16.6. The molecule has 2 atom stereocenters. The Kier molecular flexibility index (Phi) is 5.05. The molecule has 6 heteroatoms. The number of hydrogen-bond acceptors (Lipinski definition) is 5. The molecule has 0 aromatic carbocycles. The Labute approximate surface area is 134 Å². The summed E-state index contributed by atoms with van der Waals surface area (Å²) >= 11 is 0. The maximum absolute atomic E-state index is 12.3. The van der Waals surface area contributed by atoms with Crippen molar-refractivity contribution in [1.82, 2.24) is 10.3 Å². The second kappa shape index (κ2) is 7.39. The normalized spacial score (nSPS) is 21.1. The highest BCUT2D eigenvalue weighted by atomic mass is 16.5. The van der Waals surface area contributed by atoms with E-state index in [4.69, 9.17) is 13.9 Å². The van der Waals surface area contributed by atoms with Crippen LogP contribution in [0.5, 0.6) is 0 Å². The van der Waals surface area contributed by atoms with Gasteiger partial charge in [-0.1, -0.05) is 6.07 Å². The van der Waals surface area contributed by atoms with E-state index in [1.807, 2.05) is 18.2 Å². The van der Waals surface area contributed by atoms with Gasteiger partial charge in [-0.2, -0.15) is 0 Å². The van der Waals surface area contributed by atoms with Crippen molar-refractivity contribution < 1.29 is 18.7 Å². The average Bonchev–Trinajstić information content (AvgIpc) is 3.01. The summed E-state index contributed by atoms with van der Waals surface area (Å²) in [5, 5.41) is 2.98. The molecular weight excluding hydrogens is 296 g/mol. The smallest absolute Gasteiger partial charge is 0.255 e. The summed E-state index contributed by atoms with van der Waals surface area (Å²) in [7, 11) is 0.